The van der Waals surface area contributed by atoms with Crippen LogP contribution in [0.4, 0.5) is 0 Å². The molecule has 3 heteroatoms. The van der Waals surface area contributed by atoms with E-state index in [2.05, 4.69) is 63.3 Å². The molecule has 0 radical (unpaired) electrons. The fraction of sp³-hybridized carbons (Fsp3) is 0.514. The first kappa shape index (κ1) is 31.7. The summed E-state index contributed by atoms with van der Waals surface area (Å²) in [5.41, 5.74) is -1.06. The molecule has 2 saturated heterocycles. The highest BCUT2D eigenvalue weighted by Crippen LogP contribution is 2.47. The topological polar surface area (TPSA) is 41.1 Å². The molecule has 0 bridgehead atoms. The van der Waals surface area contributed by atoms with Crippen LogP contribution in [0.2, 0.25) is 0 Å². The van der Waals surface area contributed by atoms with E-state index in [-0.39, 0.29) is 34.0 Å². The highest BCUT2D eigenvalue weighted by Gasteiger charge is 2.52. The summed E-state index contributed by atoms with van der Waals surface area (Å²) < 4.78 is 0. The fourth-order valence-corrected chi connectivity index (χ4v) is 7.71. The molecule has 208 valence electrons. The van der Waals surface area contributed by atoms with Crippen molar-refractivity contribution in [2.45, 2.75) is 99.2 Å². The van der Waals surface area contributed by atoms with Crippen molar-refractivity contribution in [2.24, 2.45) is 11.8 Å². The van der Waals surface area contributed by atoms with E-state index >= 15 is 0 Å². The molecule has 0 unspecified atom stereocenters. The number of Topliss-reactive ketones (excluding diaryl/α,β-unsaturated/α-hetero) is 1. The summed E-state index contributed by atoms with van der Waals surface area (Å²) in [5.74, 6) is 0.224. The molecule has 2 fully saturated rings. The van der Waals surface area contributed by atoms with Crippen molar-refractivity contribution in [2.75, 3.05) is 0 Å². The van der Waals surface area contributed by atoms with Gasteiger partial charge in [-0.1, -0.05) is 48.6 Å². The number of hydrogen-bond donors (Lipinski definition) is 2. The van der Waals surface area contributed by atoms with E-state index in [1.165, 1.54) is 0 Å². The van der Waals surface area contributed by atoms with Crippen LogP contribution in [-0.2, 0) is 4.79 Å². The maximum Gasteiger partial charge on any atom is 0.139 e. The van der Waals surface area contributed by atoms with Crippen LogP contribution in [0.15, 0.2) is 101 Å². The van der Waals surface area contributed by atoms with Crippen molar-refractivity contribution in [3.05, 3.63) is 101 Å². The van der Waals surface area contributed by atoms with Gasteiger partial charge in [-0.25, -0.2) is 0 Å². The van der Waals surface area contributed by atoms with Crippen LogP contribution >= 0.6 is 0 Å². The van der Waals surface area contributed by atoms with Crippen molar-refractivity contribution in [1.82, 2.24) is 10.6 Å². The molecule has 0 aliphatic carbocycles. The molecule has 2 N–H and O–H groups in total. The quantitative estimate of drug-likeness (QED) is 0.181. The Morgan fingerprint density at radius 3 is 0.816 bits per heavy atom. The van der Waals surface area contributed by atoms with E-state index in [1.807, 2.05) is 48.6 Å². The van der Waals surface area contributed by atoms with Gasteiger partial charge in [0.2, 0.25) is 0 Å². The zero-order valence-electron chi connectivity index (χ0n) is 23.8. The average Bonchev–Trinajstić information content (AvgIpc) is 2.84. The smallest absolute Gasteiger partial charge is 0.139 e. The molecule has 2 heterocycles. The standard InChI is InChI=1S/C35H52N2O/c1-9-17-32(18-10-2)25-29(26-33(36-32,19-11-3)20-12-4)31(38)30-27-34(21-13-5,22-14-6)37-35(28-30,23-15-7)24-16-8/h9-16,29-30,36-37H,1-8,17-28H2. The Morgan fingerprint density at radius 2 is 0.658 bits per heavy atom. The van der Waals surface area contributed by atoms with Gasteiger partial charge in [-0.3, -0.25) is 4.79 Å². The summed E-state index contributed by atoms with van der Waals surface area (Å²) in [6.07, 6.45) is 25.1. The van der Waals surface area contributed by atoms with Crippen molar-refractivity contribution >= 4 is 5.78 Å². The first-order valence-electron chi connectivity index (χ1n) is 14.2. The summed E-state index contributed by atoms with van der Waals surface area (Å²) in [6, 6.07) is 0. The van der Waals surface area contributed by atoms with Crippen molar-refractivity contribution in [3.8, 4) is 0 Å². The Kier molecular flexibility index (Phi) is 11.7. The third-order valence-electron chi connectivity index (χ3n) is 8.69. The van der Waals surface area contributed by atoms with Gasteiger partial charge in [0.15, 0.2) is 0 Å². The second-order valence-corrected chi connectivity index (χ2v) is 11.9. The zero-order valence-corrected chi connectivity index (χ0v) is 23.8. The lowest BCUT2D eigenvalue weighted by molar-refractivity contribution is -0.133. The molecular formula is C35H52N2O. The van der Waals surface area contributed by atoms with Crippen LogP contribution in [0.3, 0.4) is 0 Å². The summed E-state index contributed by atoms with van der Waals surface area (Å²) >= 11 is 0. The number of carbonyl (C=O) groups is 1. The molecule has 2 aliphatic heterocycles. The van der Waals surface area contributed by atoms with Crippen LogP contribution in [0.1, 0.15) is 77.0 Å². The average molecular weight is 517 g/mol. The minimum absolute atomic E-state index is 0.0746. The van der Waals surface area contributed by atoms with Gasteiger partial charge >= 0.3 is 0 Å². The second-order valence-electron chi connectivity index (χ2n) is 11.9. The van der Waals surface area contributed by atoms with Crippen LogP contribution in [0.5, 0.6) is 0 Å². The monoisotopic (exact) mass is 516 g/mol. The molecule has 38 heavy (non-hydrogen) atoms. The van der Waals surface area contributed by atoms with Gasteiger partial charge < -0.3 is 10.6 Å². The fourth-order valence-electron chi connectivity index (χ4n) is 7.71. The highest BCUT2D eigenvalue weighted by atomic mass is 16.1. The Bertz CT molecular complexity index is 733. The molecule has 0 saturated carbocycles. The van der Waals surface area contributed by atoms with Crippen LogP contribution in [0, 0.1) is 11.8 Å². The molecular weight excluding hydrogens is 464 g/mol. The van der Waals surface area contributed by atoms with E-state index in [1.54, 1.807) is 0 Å². The van der Waals surface area contributed by atoms with E-state index in [4.69, 9.17) is 0 Å². The molecule has 2 aliphatic rings. The van der Waals surface area contributed by atoms with Gasteiger partial charge in [0.25, 0.3) is 0 Å². The number of carbonyl (C=O) groups excluding carboxylic acids is 1. The number of piperidine rings is 2. The number of rotatable bonds is 18. The van der Waals surface area contributed by atoms with E-state index in [0.717, 1.165) is 77.0 Å². The maximum absolute atomic E-state index is 14.7. The van der Waals surface area contributed by atoms with Crippen molar-refractivity contribution < 1.29 is 4.79 Å². The molecule has 0 aromatic rings. The number of hydrogen-bond acceptors (Lipinski definition) is 3. The molecule has 2 rings (SSSR count). The summed E-state index contributed by atoms with van der Waals surface area (Å²) in [5, 5.41) is 7.97. The van der Waals surface area contributed by atoms with Crippen LogP contribution in [0.25, 0.3) is 0 Å². The third kappa shape index (κ3) is 7.33. The Morgan fingerprint density at radius 1 is 0.474 bits per heavy atom. The lowest BCUT2D eigenvalue weighted by atomic mass is 9.61. The lowest BCUT2D eigenvalue weighted by Gasteiger charge is -2.55. The number of ketones is 1. The number of nitrogens with one attached hydrogen (secondary N) is 2. The SMILES string of the molecule is C=CCC1(CC=C)CC(C(=O)C2CC(CC=C)(CC=C)NC(CC=C)(CC=C)C2)CC(CC=C)(CC=C)N1. The Hall–Kier alpha value is -2.49. The predicted octanol–water partition coefficient (Wildman–Crippen LogP) is 8.12. The highest BCUT2D eigenvalue weighted by molar-refractivity contribution is 5.84. The Balaban J connectivity index is 2.59. The maximum atomic E-state index is 14.7. The van der Waals surface area contributed by atoms with Gasteiger partial charge in [0.05, 0.1) is 0 Å². The molecule has 0 amide bonds. The van der Waals surface area contributed by atoms with Gasteiger partial charge in [-0.2, -0.15) is 0 Å². The molecule has 3 nitrogen and oxygen atoms in total. The van der Waals surface area contributed by atoms with Gasteiger partial charge in [0.1, 0.15) is 5.78 Å². The lowest BCUT2D eigenvalue weighted by Crippen LogP contribution is -2.66. The molecule has 0 aromatic heterocycles. The van der Waals surface area contributed by atoms with Crippen molar-refractivity contribution in [1.29, 1.82) is 0 Å². The first-order valence-corrected chi connectivity index (χ1v) is 14.2. The molecule has 0 atom stereocenters. The van der Waals surface area contributed by atoms with E-state index in [0.29, 0.717) is 5.78 Å². The molecule has 0 aromatic carbocycles. The van der Waals surface area contributed by atoms with Crippen LogP contribution in [-0.4, -0.2) is 27.9 Å². The minimum Gasteiger partial charge on any atom is -0.304 e. The summed E-state index contributed by atoms with van der Waals surface area (Å²) in [6.45, 7) is 32.4. The van der Waals surface area contributed by atoms with Crippen molar-refractivity contribution in [3.63, 3.8) is 0 Å². The Labute approximate surface area is 233 Å². The van der Waals surface area contributed by atoms with E-state index in [9.17, 15) is 4.79 Å². The largest absolute Gasteiger partial charge is 0.304 e. The minimum atomic E-state index is -0.264. The normalized spacial score (nSPS) is 21.9. The zero-order chi connectivity index (χ0) is 28.3. The predicted molar refractivity (Wildman–Crippen MR) is 166 cm³/mol. The molecule has 0 spiro atoms. The summed E-state index contributed by atoms with van der Waals surface area (Å²) in [7, 11) is 0. The van der Waals surface area contributed by atoms with Gasteiger partial charge in [0, 0.05) is 34.0 Å². The van der Waals surface area contributed by atoms with Gasteiger partial charge in [-0.05, 0) is 77.0 Å². The second kappa shape index (κ2) is 14.1. The third-order valence-corrected chi connectivity index (χ3v) is 8.69. The van der Waals surface area contributed by atoms with Crippen LogP contribution < -0.4 is 10.6 Å². The first-order chi connectivity index (χ1) is 18.2. The summed E-state index contributed by atoms with van der Waals surface area (Å²) in [4.78, 5) is 14.7. The van der Waals surface area contributed by atoms with Gasteiger partial charge in [-0.15, -0.1) is 52.6 Å². The van der Waals surface area contributed by atoms with E-state index < -0.39 is 0 Å².